The molecule has 2 aromatic rings. The summed E-state index contributed by atoms with van der Waals surface area (Å²) >= 11 is 0. The zero-order valence-corrected chi connectivity index (χ0v) is 18.2. The van der Waals surface area contributed by atoms with Gasteiger partial charge in [0, 0.05) is 11.6 Å². The van der Waals surface area contributed by atoms with Gasteiger partial charge in [-0.2, -0.15) is 0 Å². The molecule has 33 heavy (non-hydrogen) atoms. The van der Waals surface area contributed by atoms with Gasteiger partial charge in [0.25, 0.3) is 0 Å². The Labute approximate surface area is 190 Å². The molecular weight excluding hydrogens is 432 g/mol. The first kappa shape index (κ1) is 24.4. The van der Waals surface area contributed by atoms with Crippen LogP contribution in [0.25, 0.3) is 6.08 Å². The summed E-state index contributed by atoms with van der Waals surface area (Å²) in [5.41, 5.74) is 1.24. The van der Waals surface area contributed by atoms with E-state index < -0.39 is 36.7 Å². The molecule has 0 saturated carbocycles. The molecule has 0 amide bonds. The van der Waals surface area contributed by atoms with Crippen molar-refractivity contribution in [1.82, 2.24) is 0 Å². The Bertz CT molecular complexity index is 968. The first-order chi connectivity index (χ1) is 15.8. The van der Waals surface area contributed by atoms with Crippen LogP contribution in [0.2, 0.25) is 0 Å². The normalized spacial score (nSPS) is 24.9. The predicted molar refractivity (Wildman–Crippen MR) is 117 cm³/mol. The second-order valence-corrected chi connectivity index (χ2v) is 7.45. The van der Waals surface area contributed by atoms with Crippen molar-refractivity contribution in [1.29, 1.82) is 0 Å². The number of ketones is 1. The van der Waals surface area contributed by atoms with Gasteiger partial charge < -0.3 is 34.3 Å². The SMILES string of the molecule is COc1ccc(/C=C/C(=O)OC[C@H]2O[C@@H](Oc3ccc(C(C)=O)cc3)[C@H](O)[C@@H](O)[C@@H]2O)cc1. The average Bonchev–Trinajstić information content (AvgIpc) is 2.83. The van der Waals surface area contributed by atoms with Crippen LogP contribution >= 0.6 is 0 Å². The summed E-state index contributed by atoms with van der Waals surface area (Å²) in [6, 6.07) is 13.2. The van der Waals surface area contributed by atoms with E-state index in [4.69, 9.17) is 18.9 Å². The third kappa shape index (κ3) is 6.39. The highest BCUT2D eigenvalue weighted by Gasteiger charge is 2.45. The molecule has 0 spiro atoms. The molecule has 9 nitrogen and oxygen atoms in total. The molecule has 2 aromatic carbocycles. The molecule has 0 aromatic heterocycles. The highest BCUT2D eigenvalue weighted by molar-refractivity contribution is 5.94. The van der Waals surface area contributed by atoms with E-state index in [1.165, 1.54) is 25.1 Å². The average molecular weight is 458 g/mol. The maximum atomic E-state index is 12.1. The number of carbonyl (C=O) groups is 2. The van der Waals surface area contributed by atoms with Gasteiger partial charge in [-0.3, -0.25) is 4.79 Å². The van der Waals surface area contributed by atoms with Crippen LogP contribution in [-0.2, 0) is 14.3 Å². The van der Waals surface area contributed by atoms with E-state index in [0.717, 1.165) is 5.56 Å². The quantitative estimate of drug-likeness (QED) is 0.305. The van der Waals surface area contributed by atoms with E-state index in [-0.39, 0.29) is 18.1 Å². The third-order valence-electron chi connectivity index (χ3n) is 5.10. The lowest BCUT2D eigenvalue weighted by atomic mass is 9.99. The monoisotopic (exact) mass is 458 g/mol. The van der Waals surface area contributed by atoms with Crippen molar-refractivity contribution in [3.05, 3.63) is 65.7 Å². The number of aliphatic hydroxyl groups is 3. The molecule has 3 N–H and O–H groups in total. The van der Waals surface area contributed by atoms with Crippen LogP contribution < -0.4 is 9.47 Å². The van der Waals surface area contributed by atoms with E-state index >= 15 is 0 Å². The minimum Gasteiger partial charge on any atom is -0.497 e. The summed E-state index contributed by atoms with van der Waals surface area (Å²) in [6.07, 6.45) is -4.33. The molecule has 3 rings (SSSR count). The summed E-state index contributed by atoms with van der Waals surface area (Å²) < 4.78 is 21.3. The fourth-order valence-corrected chi connectivity index (χ4v) is 3.15. The van der Waals surface area contributed by atoms with Crippen molar-refractivity contribution in [3.8, 4) is 11.5 Å². The summed E-state index contributed by atoms with van der Waals surface area (Å²) in [6.45, 7) is 1.06. The first-order valence-electron chi connectivity index (χ1n) is 10.2. The number of hydrogen-bond donors (Lipinski definition) is 3. The van der Waals surface area contributed by atoms with Gasteiger partial charge in [-0.1, -0.05) is 12.1 Å². The van der Waals surface area contributed by atoms with Gasteiger partial charge in [0.1, 0.15) is 42.5 Å². The van der Waals surface area contributed by atoms with Crippen molar-refractivity contribution in [3.63, 3.8) is 0 Å². The van der Waals surface area contributed by atoms with E-state index in [1.54, 1.807) is 49.6 Å². The summed E-state index contributed by atoms with van der Waals surface area (Å²) in [5, 5.41) is 30.6. The number of methoxy groups -OCH3 is 1. The lowest BCUT2D eigenvalue weighted by molar-refractivity contribution is -0.278. The standard InChI is InChI=1S/C24H26O9/c1-14(25)16-6-10-18(11-7-16)32-24-23(29)22(28)21(27)19(33-24)13-31-20(26)12-5-15-3-8-17(30-2)9-4-15/h3-12,19,21-24,27-29H,13H2,1-2H3/b12-5+/t19-,21-,22+,23-,24-/m1/s1. The molecule has 1 heterocycles. The Balaban J connectivity index is 1.57. The number of Topliss-reactive ketones (excluding diaryl/α,β-unsaturated/α-hetero) is 1. The Morgan fingerprint density at radius 1 is 0.939 bits per heavy atom. The number of benzene rings is 2. The van der Waals surface area contributed by atoms with Crippen molar-refractivity contribution in [2.24, 2.45) is 0 Å². The predicted octanol–water partition coefficient (Wildman–Crippen LogP) is 1.34. The largest absolute Gasteiger partial charge is 0.497 e. The van der Waals surface area contributed by atoms with Gasteiger partial charge in [0.15, 0.2) is 5.78 Å². The number of carbonyl (C=O) groups excluding carboxylic acids is 2. The fourth-order valence-electron chi connectivity index (χ4n) is 3.15. The molecule has 176 valence electrons. The molecule has 1 aliphatic rings. The number of aliphatic hydroxyl groups excluding tert-OH is 3. The number of rotatable bonds is 8. The van der Waals surface area contributed by atoms with Crippen LogP contribution in [0.15, 0.2) is 54.6 Å². The van der Waals surface area contributed by atoms with Gasteiger partial charge >= 0.3 is 5.97 Å². The van der Waals surface area contributed by atoms with E-state index in [2.05, 4.69) is 0 Å². The summed E-state index contributed by atoms with van der Waals surface area (Å²) in [7, 11) is 1.56. The second-order valence-electron chi connectivity index (χ2n) is 7.45. The van der Waals surface area contributed by atoms with Gasteiger partial charge in [0.2, 0.25) is 6.29 Å². The lowest BCUT2D eigenvalue weighted by Crippen LogP contribution is -2.60. The van der Waals surface area contributed by atoms with E-state index in [0.29, 0.717) is 11.3 Å². The number of ether oxygens (including phenoxy) is 4. The van der Waals surface area contributed by atoms with Crippen LogP contribution in [0, 0.1) is 0 Å². The molecule has 1 aliphatic heterocycles. The van der Waals surface area contributed by atoms with Crippen molar-refractivity contribution in [2.45, 2.75) is 37.6 Å². The van der Waals surface area contributed by atoms with Gasteiger partial charge in [0.05, 0.1) is 7.11 Å². The summed E-state index contributed by atoms with van der Waals surface area (Å²) in [4.78, 5) is 23.4. The van der Waals surface area contributed by atoms with Crippen LogP contribution in [0.5, 0.6) is 11.5 Å². The van der Waals surface area contributed by atoms with Gasteiger partial charge in [-0.15, -0.1) is 0 Å². The highest BCUT2D eigenvalue weighted by atomic mass is 16.7. The van der Waals surface area contributed by atoms with Crippen LogP contribution in [0.3, 0.4) is 0 Å². The van der Waals surface area contributed by atoms with E-state index in [9.17, 15) is 24.9 Å². The first-order valence-corrected chi connectivity index (χ1v) is 10.2. The lowest BCUT2D eigenvalue weighted by Gasteiger charge is -2.39. The van der Waals surface area contributed by atoms with Gasteiger partial charge in [-0.05, 0) is 55.0 Å². The van der Waals surface area contributed by atoms with Crippen LogP contribution in [-0.4, -0.2) is 71.5 Å². The maximum absolute atomic E-state index is 12.1. The molecule has 0 bridgehead atoms. The molecule has 0 aliphatic carbocycles. The Hall–Kier alpha value is -3.24. The highest BCUT2D eigenvalue weighted by Crippen LogP contribution is 2.25. The molecule has 0 radical (unpaired) electrons. The van der Waals surface area contributed by atoms with Crippen molar-refractivity contribution in [2.75, 3.05) is 13.7 Å². The second kappa shape index (κ2) is 11.1. The zero-order valence-electron chi connectivity index (χ0n) is 18.2. The molecule has 1 saturated heterocycles. The Kier molecular flexibility index (Phi) is 8.18. The molecule has 1 fully saturated rings. The van der Waals surface area contributed by atoms with E-state index in [1.807, 2.05) is 0 Å². The van der Waals surface area contributed by atoms with Gasteiger partial charge in [-0.25, -0.2) is 4.79 Å². The smallest absolute Gasteiger partial charge is 0.330 e. The zero-order chi connectivity index (χ0) is 24.0. The fraction of sp³-hybridized carbons (Fsp3) is 0.333. The number of hydrogen-bond acceptors (Lipinski definition) is 9. The molecule has 5 atom stereocenters. The topological polar surface area (TPSA) is 132 Å². The Morgan fingerprint density at radius 3 is 2.18 bits per heavy atom. The minimum absolute atomic E-state index is 0.114. The minimum atomic E-state index is -1.58. The number of esters is 1. The maximum Gasteiger partial charge on any atom is 0.330 e. The van der Waals surface area contributed by atoms with Crippen molar-refractivity contribution >= 4 is 17.8 Å². The third-order valence-corrected chi connectivity index (χ3v) is 5.10. The van der Waals surface area contributed by atoms with Crippen molar-refractivity contribution < 1.29 is 43.9 Å². The van der Waals surface area contributed by atoms with Crippen LogP contribution in [0.1, 0.15) is 22.8 Å². The Morgan fingerprint density at radius 2 is 1.58 bits per heavy atom. The molecule has 9 heteroatoms. The molecular formula is C24H26O9. The summed E-state index contributed by atoms with van der Waals surface area (Å²) in [5.74, 6) is 0.174. The molecule has 0 unspecified atom stereocenters. The van der Waals surface area contributed by atoms with Crippen LogP contribution in [0.4, 0.5) is 0 Å².